The number of nitrogens with zero attached hydrogens (tertiary/aromatic N) is 2. The Kier molecular flexibility index (Phi) is 6.46. The van der Waals surface area contributed by atoms with E-state index >= 15 is 0 Å². The minimum Gasteiger partial charge on any atom is -0.487 e. The molecule has 2 heterocycles. The number of carboxylic acids is 1. The normalized spacial score (nSPS) is 10.7. The van der Waals surface area contributed by atoms with Crippen LogP contribution in [0.15, 0.2) is 77.7 Å². The summed E-state index contributed by atoms with van der Waals surface area (Å²) >= 11 is 0. The minimum atomic E-state index is -0.951. The summed E-state index contributed by atoms with van der Waals surface area (Å²) in [5.74, 6) is 0.917. The number of carbonyl (C=O) groups is 1. The van der Waals surface area contributed by atoms with Crippen molar-refractivity contribution in [2.45, 2.75) is 26.6 Å². The molecule has 0 aliphatic heterocycles. The second kappa shape index (κ2) is 9.78. The summed E-state index contributed by atoms with van der Waals surface area (Å²) in [6.07, 6.45) is 2.80. The van der Waals surface area contributed by atoms with Crippen molar-refractivity contribution in [2.24, 2.45) is 0 Å². The molecule has 7 heteroatoms. The lowest BCUT2D eigenvalue weighted by Gasteiger charge is -2.10. The first kappa shape index (κ1) is 21.1. The Hall–Kier alpha value is -4.13. The number of oxazole rings is 1. The predicted molar refractivity (Wildman–Crippen MR) is 117 cm³/mol. The summed E-state index contributed by atoms with van der Waals surface area (Å²) in [7, 11) is 0. The standard InChI is InChI=1S/C25H22N2O5/c1-17-5-2-3-6-20(17)25-22(27-16-32-25)15-30-19-10-8-18(9-11-19)14-31-23-7-4-12-26-21(23)13-24(28)29/h2-12,16H,13-15H2,1H3,(H,28,29). The summed E-state index contributed by atoms with van der Waals surface area (Å²) < 4.78 is 17.3. The van der Waals surface area contributed by atoms with Gasteiger partial charge in [0.25, 0.3) is 0 Å². The van der Waals surface area contributed by atoms with Gasteiger partial charge in [0, 0.05) is 11.8 Å². The Labute approximate surface area is 185 Å². The first-order valence-electron chi connectivity index (χ1n) is 10.1. The molecule has 0 unspecified atom stereocenters. The number of aliphatic carboxylic acids is 1. The number of benzene rings is 2. The van der Waals surface area contributed by atoms with Crippen LogP contribution in [0.3, 0.4) is 0 Å². The lowest BCUT2D eigenvalue weighted by Crippen LogP contribution is -2.06. The van der Waals surface area contributed by atoms with Crippen molar-refractivity contribution in [1.82, 2.24) is 9.97 Å². The molecule has 0 bridgehead atoms. The van der Waals surface area contributed by atoms with Crippen LogP contribution in [-0.4, -0.2) is 21.0 Å². The number of ether oxygens (including phenoxy) is 2. The predicted octanol–water partition coefficient (Wildman–Crippen LogP) is 4.83. The Morgan fingerprint density at radius 1 is 0.938 bits per heavy atom. The summed E-state index contributed by atoms with van der Waals surface area (Å²) in [4.78, 5) is 19.4. The molecule has 0 aliphatic carbocycles. The van der Waals surface area contributed by atoms with Crippen LogP contribution in [0.25, 0.3) is 11.3 Å². The maximum absolute atomic E-state index is 11.0. The third-order valence-corrected chi connectivity index (χ3v) is 4.89. The Morgan fingerprint density at radius 3 is 2.53 bits per heavy atom. The monoisotopic (exact) mass is 430 g/mol. The van der Waals surface area contributed by atoms with Crippen LogP contribution in [0.4, 0.5) is 0 Å². The Balaban J connectivity index is 1.36. The number of rotatable bonds is 9. The van der Waals surface area contributed by atoms with Gasteiger partial charge in [-0.2, -0.15) is 0 Å². The molecule has 32 heavy (non-hydrogen) atoms. The van der Waals surface area contributed by atoms with Crippen LogP contribution in [0.2, 0.25) is 0 Å². The quantitative estimate of drug-likeness (QED) is 0.406. The Morgan fingerprint density at radius 2 is 1.75 bits per heavy atom. The zero-order valence-electron chi connectivity index (χ0n) is 17.5. The molecule has 2 aromatic carbocycles. The van der Waals surface area contributed by atoms with Crippen LogP contribution in [0.5, 0.6) is 11.5 Å². The van der Waals surface area contributed by atoms with Gasteiger partial charge in [0.2, 0.25) is 0 Å². The number of aromatic nitrogens is 2. The highest BCUT2D eigenvalue weighted by molar-refractivity contribution is 5.70. The van der Waals surface area contributed by atoms with Crippen molar-refractivity contribution in [3.8, 4) is 22.8 Å². The molecule has 0 saturated carbocycles. The van der Waals surface area contributed by atoms with E-state index in [2.05, 4.69) is 9.97 Å². The highest BCUT2D eigenvalue weighted by Crippen LogP contribution is 2.27. The van der Waals surface area contributed by atoms with Gasteiger partial charge in [-0.15, -0.1) is 0 Å². The molecule has 0 atom stereocenters. The number of hydrogen-bond acceptors (Lipinski definition) is 6. The molecule has 1 N–H and O–H groups in total. The second-order valence-corrected chi connectivity index (χ2v) is 7.18. The molecule has 0 fully saturated rings. The van der Waals surface area contributed by atoms with Crippen LogP contribution in [0, 0.1) is 6.92 Å². The van der Waals surface area contributed by atoms with Crippen molar-refractivity contribution < 1.29 is 23.8 Å². The van der Waals surface area contributed by atoms with Gasteiger partial charge in [-0.3, -0.25) is 9.78 Å². The van der Waals surface area contributed by atoms with E-state index in [-0.39, 0.29) is 13.0 Å². The molecule has 4 rings (SSSR count). The molecule has 7 nitrogen and oxygen atoms in total. The van der Waals surface area contributed by atoms with Crippen LogP contribution < -0.4 is 9.47 Å². The fraction of sp³-hybridized carbons (Fsp3) is 0.160. The number of aryl methyl sites for hydroxylation is 1. The zero-order valence-corrected chi connectivity index (χ0v) is 17.5. The number of hydrogen-bond donors (Lipinski definition) is 1. The van der Waals surface area contributed by atoms with Gasteiger partial charge < -0.3 is 19.0 Å². The van der Waals surface area contributed by atoms with E-state index < -0.39 is 5.97 Å². The third kappa shape index (κ3) is 5.13. The van der Waals surface area contributed by atoms with E-state index in [1.807, 2.05) is 55.5 Å². The minimum absolute atomic E-state index is 0.185. The van der Waals surface area contributed by atoms with Gasteiger partial charge in [-0.25, -0.2) is 4.98 Å². The first-order valence-corrected chi connectivity index (χ1v) is 10.1. The number of pyridine rings is 1. The Bertz CT molecular complexity index is 1200. The van der Waals surface area contributed by atoms with E-state index in [1.54, 1.807) is 18.3 Å². The molecule has 0 amide bonds. The van der Waals surface area contributed by atoms with Crippen molar-refractivity contribution in [3.63, 3.8) is 0 Å². The topological polar surface area (TPSA) is 94.7 Å². The van der Waals surface area contributed by atoms with Crippen molar-refractivity contribution >= 4 is 5.97 Å². The van der Waals surface area contributed by atoms with Crippen molar-refractivity contribution in [1.29, 1.82) is 0 Å². The average molecular weight is 430 g/mol. The SMILES string of the molecule is Cc1ccccc1-c1ocnc1COc1ccc(COc2cccnc2CC(=O)O)cc1. The van der Waals surface area contributed by atoms with Gasteiger partial charge in [-0.1, -0.05) is 36.4 Å². The van der Waals surface area contributed by atoms with Gasteiger partial charge in [0.1, 0.15) is 30.4 Å². The zero-order chi connectivity index (χ0) is 22.3. The third-order valence-electron chi connectivity index (χ3n) is 4.89. The highest BCUT2D eigenvalue weighted by atomic mass is 16.5. The molecular formula is C25H22N2O5. The molecule has 0 saturated heterocycles. The van der Waals surface area contributed by atoms with E-state index in [9.17, 15) is 4.79 Å². The van der Waals surface area contributed by atoms with E-state index in [4.69, 9.17) is 19.0 Å². The van der Waals surface area contributed by atoms with Crippen molar-refractivity contribution in [2.75, 3.05) is 0 Å². The fourth-order valence-electron chi connectivity index (χ4n) is 3.24. The van der Waals surface area contributed by atoms with E-state index in [0.29, 0.717) is 29.6 Å². The molecular weight excluding hydrogens is 408 g/mol. The lowest BCUT2D eigenvalue weighted by molar-refractivity contribution is -0.136. The van der Waals surface area contributed by atoms with Crippen LogP contribution in [0.1, 0.15) is 22.5 Å². The van der Waals surface area contributed by atoms with E-state index in [0.717, 1.165) is 22.4 Å². The highest BCUT2D eigenvalue weighted by Gasteiger charge is 2.13. The van der Waals surface area contributed by atoms with Gasteiger partial charge in [-0.05, 0) is 42.3 Å². The second-order valence-electron chi connectivity index (χ2n) is 7.18. The first-order chi connectivity index (χ1) is 15.6. The number of carboxylic acid groups (broad SMARTS) is 1. The van der Waals surface area contributed by atoms with Crippen LogP contribution in [-0.2, 0) is 24.4 Å². The molecule has 4 aromatic rings. The summed E-state index contributed by atoms with van der Waals surface area (Å²) in [6.45, 7) is 2.60. The summed E-state index contributed by atoms with van der Waals surface area (Å²) in [6, 6.07) is 18.9. The lowest BCUT2D eigenvalue weighted by atomic mass is 10.1. The van der Waals surface area contributed by atoms with Gasteiger partial charge >= 0.3 is 5.97 Å². The maximum atomic E-state index is 11.0. The molecule has 0 spiro atoms. The van der Waals surface area contributed by atoms with Crippen LogP contribution >= 0.6 is 0 Å². The summed E-state index contributed by atoms with van der Waals surface area (Å²) in [5, 5.41) is 9.00. The van der Waals surface area contributed by atoms with Gasteiger partial charge in [0.15, 0.2) is 12.2 Å². The molecule has 2 aromatic heterocycles. The maximum Gasteiger partial charge on any atom is 0.309 e. The molecule has 0 radical (unpaired) electrons. The van der Waals surface area contributed by atoms with E-state index in [1.165, 1.54) is 6.39 Å². The summed E-state index contributed by atoms with van der Waals surface area (Å²) in [5.41, 5.74) is 4.15. The molecule has 0 aliphatic rings. The largest absolute Gasteiger partial charge is 0.487 e. The van der Waals surface area contributed by atoms with Crippen molar-refractivity contribution in [3.05, 3.63) is 95.8 Å². The molecule has 162 valence electrons. The smallest absolute Gasteiger partial charge is 0.309 e. The average Bonchev–Trinajstić information content (AvgIpc) is 3.26. The van der Waals surface area contributed by atoms with Gasteiger partial charge in [0.05, 0.1) is 12.1 Å². The fourth-order valence-corrected chi connectivity index (χ4v) is 3.24.